The molecule has 0 aromatic carbocycles. The Kier molecular flexibility index (Phi) is 7.68. The van der Waals surface area contributed by atoms with E-state index in [1.54, 1.807) is 18.3 Å². The Bertz CT molecular complexity index is 1910. The van der Waals surface area contributed by atoms with Crippen LogP contribution in [0.5, 0.6) is 11.9 Å². The second-order valence-electron chi connectivity index (χ2n) is 12.8. The predicted octanol–water partition coefficient (Wildman–Crippen LogP) is 5.42. The number of fused-ring (bicyclic) bond motifs is 1. The third-order valence-corrected chi connectivity index (χ3v) is 9.62. The van der Waals surface area contributed by atoms with Crippen LogP contribution >= 0.6 is 0 Å². The van der Waals surface area contributed by atoms with Crippen molar-refractivity contribution in [1.82, 2.24) is 29.8 Å². The Morgan fingerprint density at radius 2 is 1.98 bits per heavy atom. The lowest BCUT2D eigenvalue weighted by molar-refractivity contribution is -0.137. The van der Waals surface area contributed by atoms with Gasteiger partial charge in [0, 0.05) is 30.3 Å². The number of hydrogen-bond acceptors (Lipinski definition) is 11. The van der Waals surface area contributed by atoms with Crippen LogP contribution in [0.4, 0.5) is 39.4 Å². The number of aryl methyl sites for hydroxylation is 1. The Morgan fingerprint density at radius 1 is 1.19 bits per heavy atom. The van der Waals surface area contributed by atoms with E-state index in [0.717, 1.165) is 26.0 Å². The molecule has 4 atom stereocenters. The number of pyridine rings is 3. The van der Waals surface area contributed by atoms with E-state index < -0.39 is 58.3 Å². The van der Waals surface area contributed by atoms with Gasteiger partial charge in [0.05, 0.1) is 28.9 Å². The van der Waals surface area contributed by atoms with Gasteiger partial charge in [0.2, 0.25) is 5.88 Å². The summed E-state index contributed by atoms with van der Waals surface area (Å²) in [6, 6.07) is 3.33. The minimum absolute atomic E-state index is 0.00380. The molecule has 4 aromatic rings. The molecule has 0 spiro atoms. The van der Waals surface area contributed by atoms with E-state index in [1.807, 2.05) is 18.7 Å². The molecule has 3 aliphatic rings. The normalized spacial score (nSPS) is 23.2. The lowest BCUT2D eigenvalue weighted by Gasteiger charge is -2.35. The third-order valence-electron chi connectivity index (χ3n) is 9.62. The van der Waals surface area contributed by atoms with E-state index >= 15 is 4.39 Å². The summed E-state index contributed by atoms with van der Waals surface area (Å²) in [5.74, 6) is -1.12. The number of ether oxygens (including phenoxy) is 2. The van der Waals surface area contributed by atoms with Crippen LogP contribution in [0.2, 0.25) is 0 Å². The highest BCUT2D eigenvalue weighted by Gasteiger charge is 2.49. The fourth-order valence-corrected chi connectivity index (χ4v) is 7.51. The lowest BCUT2D eigenvalue weighted by atomic mass is 9.95. The molecule has 7 heterocycles. The zero-order chi connectivity index (χ0) is 34.1. The maximum Gasteiger partial charge on any atom is 0.418 e. The summed E-state index contributed by atoms with van der Waals surface area (Å²) in [6.45, 7) is 5.93. The van der Waals surface area contributed by atoms with E-state index in [2.05, 4.69) is 24.8 Å². The molecule has 0 radical (unpaired) electrons. The number of nitrogens with two attached hydrogens (primary N) is 2. The van der Waals surface area contributed by atoms with Crippen LogP contribution in [-0.2, 0) is 6.18 Å². The summed E-state index contributed by atoms with van der Waals surface area (Å²) in [7, 11) is 0. The van der Waals surface area contributed by atoms with E-state index in [4.69, 9.17) is 25.9 Å². The molecule has 254 valence electrons. The van der Waals surface area contributed by atoms with Crippen molar-refractivity contribution in [2.24, 2.45) is 0 Å². The van der Waals surface area contributed by atoms with Crippen molar-refractivity contribution >= 4 is 28.4 Å². The summed E-state index contributed by atoms with van der Waals surface area (Å²) in [5, 5.41) is 0.0416. The van der Waals surface area contributed by atoms with Crippen molar-refractivity contribution in [1.29, 1.82) is 0 Å². The number of nitrogen functional groups attached to an aromatic ring is 2. The number of rotatable bonds is 6. The molecule has 48 heavy (non-hydrogen) atoms. The molecule has 7 rings (SSSR count). The zero-order valence-corrected chi connectivity index (χ0v) is 26.5. The first-order chi connectivity index (χ1) is 22.8. The number of halogens is 5. The van der Waals surface area contributed by atoms with Gasteiger partial charge < -0.3 is 25.8 Å². The minimum atomic E-state index is -4.91. The highest BCUT2D eigenvalue weighted by molar-refractivity contribution is 5.97. The van der Waals surface area contributed by atoms with Crippen LogP contribution in [0.3, 0.4) is 0 Å². The minimum Gasteiger partial charge on any atom is -0.475 e. The topological polar surface area (TPSA) is 141 Å². The van der Waals surface area contributed by atoms with Crippen LogP contribution in [0.15, 0.2) is 24.4 Å². The second kappa shape index (κ2) is 11.5. The van der Waals surface area contributed by atoms with Crippen molar-refractivity contribution < 1.29 is 31.4 Å². The van der Waals surface area contributed by atoms with Gasteiger partial charge in [-0.3, -0.25) is 4.90 Å². The molecule has 11 nitrogen and oxygen atoms in total. The molecule has 16 heteroatoms. The van der Waals surface area contributed by atoms with Gasteiger partial charge in [-0.05, 0) is 52.3 Å². The molecule has 4 aromatic heterocycles. The highest BCUT2D eigenvalue weighted by atomic mass is 19.4. The fourth-order valence-electron chi connectivity index (χ4n) is 7.51. The van der Waals surface area contributed by atoms with Gasteiger partial charge in [0.1, 0.15) is 53.4 Å². The van der Waals surface area contributed by atoms with Crippen molar-refractivity contribution in [3.05, 3.63) is 47.0 Å². The lowest BCUT2D eigenvalue weighted by Crippen LogP contribution is -2.43. The Hall–Kier alpha value is -4.60. The quantitative estimate of drug-likeness (QED) is 0.254. The monoisotopic (exact) mass is 671 g/mol. The molecule has 0 aliphatic carbocycles. The Labute approximate surface area is 272 Å². The summed E-state index contributed by atoms with van der Waals surface area (Å²) < 4.78 is 86.7. The average Bonchev–Trinajstić information content (AvgIpc) is 3.49. The van der Waals surface area contributed by atoms with E-state index in [1.165, 1.54) is 0 Å². The summed E-state index contributed by atoms with van der Waals surface area (Å²) in [6.07, 6.45) is -2.51. The number of aromatic nitrogens is 5. The number of alkyl halides is 4. The predicted molar refractivity (Wildman–Crippen MR) is 168 cm³/mol. The molecule has 4 N–H and O–H groups in total. The Morgan fingerprint density at radius 3 is 2.73 bits per heavy atom. The SMILES string of the molecule is Cc1nc(N)cc(-c2nc3c4c(nc(OC[C@@]56CCCN5C[C@H](F)C6)nc4c2F)N([C@@H](C)c2cccnc2N)[C@@H](C)CO3)c1C(F)(F)F. The molecule has 0 bridgehead atoms. The third kappa shape index (κ3) is 5.25. The van der Waals surface area contributed by atoms with Crippen LogP contribution < -0.4 is 25.8 Å². The van der Waals surface area contributed by atoms with Gasteiger partial charge in [0.25, 0.3) is 0 Å². The van der Waals surface area contributed by atoms with Crippen LogP contribution in [-0.4, -0.2) is 73.9 Å². The molecular weight excluding hydrogens is 637 g/mol. The number of hydrogen-bond donors (Lipinski definition) is 2. The molecule has 3 aliphatic heterocycles. The van der Waals surface area contributed by atoms with Crippen LogP contribution in [0.1, 0.15) is 56.0 Å². The largest absolute Gasteiger partial charge is 0.475 e. The summed E-state index contributed by atoms with van der Waals surface area (Å²) >= 11 is 0. The van der Waals surface area contributed by atoms with Crippen LogP contribution in [0, 0.1) is 12.7 Å². The van der Waals surface area contributed by atoms with Crippen molar-refractivity contribution in [3.8, 4) is 23.1 Å². The second-order valence-corrected chi connectivity index (χ2v) is 12.8. The number of nitrogens with zero attached hydrogens (tertiary/aromatic N) is 7. The molecule has 0 saturated carbocycles. The average molecular weight is 672 g/mol. The molecule has 0 amide bonds. The smallest absolute Gasteiger partial charge is 0.418 e. The number of anilines is 3. The zero-order valence-electron chi connectivity index (χ0n) is 26.5. The summed E-state index contributed by atoms with van der Waals surface area (Å²) in [5.41, 5.74) is 8.93. The van der Waals surface area contributed by atoms with Gasteiger partial charge >= 0.3 is 12.2 Å². The van der Waals surface area contributed by atoms with Crippen molar-refractivity contribution in [3.63, 3.8) is 0 Å². The fraction of sp³-hybridized carbons (Fsp3) is 0.469. The van der Waals surface area contributed by atoms with Gasteiger partial charge in [-0.1, -0.05) is 6.07 Å². The highest BCUT2D eigenvalue weighted by Crippen LogP contribution is 2.46. The van der Waals surface area contributed by atoms with Crippen molar-refractivity contribution in [2.45, 2.75) is 70.0 Å². The molecular formula is C32H34F5N9O2. The van der Waals surface area contributed by atoms with Gasteiger partial charge in [-0.2, -0.15) is 23.1 Å². The first-order valence-electron chi connectivity index (χ1n) is 15.7. The van der Waals surface area contributed by atoms with Crippen molar-refractivity contribution in [2.75, 3.05) is 42.7 Å². The van der Waals surface area contributed by atoms with Gasteiger partial charge in [-0.25, -0.2) is 23.7 Å². The standard InChI is InChI=1S/C32H34F5N9O2/c1-15-13-47-29-22-26(24(34)25(42-29)20-10-21(38)41-16(2)23(20)32(35,36)37)43-30(48-14-31-7-5-9-45(31)12-18(33)11-31)44-28(22)46(15)17(3)19-6-4-8-40-27(19)39/h4,6,8,10,15,17-18H,5,7,9,11-14H2,1-3H3,(H2,38,41)(H2,39,40)/t15-,17-,18+,31-/m0/s1. The first kappa shape index (κ1) is 32.0. The van der Waals surface area contributed by atoms with E-state index in [9.17, 15) is 17.6 Å². The molecule has 2 fully saturated rings. The first-order valence-corrected chi connectivity index (χ1v) is 15.7. The van der Waals surface area contributed by atoms with Gasteiger partial charge in [-0.15, -0.1) is 0 Å². The Balaban J connectivity index is 1.45. The van der Waals surface area contributed by atoms with Crippen LogP contribution in [0.25, 0.3) is 22.2 Å². The molecule has 2 saturated heterocycles. The van der Waals surface area contributed by atoms with E-state index in [0.29, 0.717) is 18.5 Å². The van der Waals surface area contributed by atoms with Gasteiger partial charge in [0.15, 0.2) is 5.82 Å². The molecule has 0 unspecified atom stereocenters. The van der Waals surface area contributed by atoms with E-state index in [-0.39, 0.29) is 59.9 Å². The maximum atomic E-state index is 16.8. The maximum absolute atomic E-state index is 16.8. The summed E-state index contributed by atoms with van der Waals surface area (Å²) in [4.78, 5) is 25.3.